The van der Waals surface area contributed by atoms with Gasteiger partial charge in [0.25, 0.3) is 0 Å². The van der Waals surface area contributed by atoms with Crippen molar-refractivity contribution in [3.8, 4) is 5.75 Å². The van der Waals surface area contributed by atoms with E-state index in [1.165, 1.54) is 0 Å². The van der Waals surface area contributed by atoms with E-state index < -0.39 is 5.54 Å². The Labute approximate surface area is 138 Å². The monoisotopic (exact) mass is 328 g/mol. The van der Waals surface area contributed by atoms with Crippen LogP contribution in [0.2, 0.25) is 0 Å². The summed E-state index contributed by atoms with van der Waals surface area (Å²) in [5, 5.41) is 2.76. The van der Waals surface area contributed by atoms with Gasteiger partial charge < -0.3 is 15.8 Å². The number of hydrogen-bond donors (Lipinski definition) is 2. The van der Waals surface area contributed by atoms with Crippen LogP contribution < -0.4 is 15.8 Å². The Bertz CT molecular complexity index is 481. The number of halogens is 1. The predicted octanol–water partition coefficient (Wildman–Crippen LogP) is 2.32. The van der Waals surface area contributed by atoms with Gasteiger partial charge in [0, 0.05) is 30.5 Å². The van der Waals surface area contributed by atoms with Crippen LogP contribution in [0, 0.1) is 0 Å². The van der Waals surface area contributed by atoms with Crippen LogP contribution >= 0.6 is 12.4 Å². The van der Waals surface area contributed by atoms with E-state index >= 15 is 0 Å². The smallest absolute Gasteiger partial charge is 0.220 e. The van der Waals surface area contributed by atoms with Gasteiger partial charge in [-0.1, -0.05) is 0 Å². The number of hydrogen-bond acceptors (Lipinski definition) is 4. The highest BCUT2D eigenvalue weighted by molar-refractivity contribution is 5.96. The Morgan fingerprint density at radius 3 is 2.27 bits per heavy atom. The fraction of sp³-hybridized carbons (Fsp3) is 0.500. The predicted molar refractivity (Wildman–Crippen MR) is 89.7 cm³/mol. The van der Waals surface area contributed by atoms with Gasteiger partial charge in [-0.2, -0.15) is 0 Å². The van der Waals surface area contributed by atoms with Gasteiger partial charge in [0.2, 0.25) is 5.91 Å². The summed E-state index contributed by atoms with van der Waals surface area (Å²) in [6, 6.07) is 6.98. The second-order valence-corrected chi connectivity index (χ2v) is 5.77. The van der Waals surface area contributed by atoms with Gasteiger partial charge in [0.15, 0.2) is 5.78 Å². The first kappa shape index (κ1) is 20.4. The molecule has 0 spiro atoms. The van der Waals surface area contributed by atoms with Crippen LogP contribution in [0.5, 0.6) is 5.75 Å². The van der Waals surface area contributed by atoms with Crippen LogP contribution in [0.25, 0.3) is 0 Å². The molecule has 22 heavy (non-hydrogen) atoms. The second-order valence-electron chi connectivity index (χ2n) is 5.77. The van der Waals surface area contributed by atoms with Crippen molar-refractivity contribution < 1.29 is 14.3 Å². The minimum Gasteiger partial charge on any atom is -0.497 e. The first-order valence-electron chi connectivity index (χ1n) is 7.04. The number of benzene rings is 1. The molecule has 1 aromatic carbocycles. The van der Waals surface area contributed by atoms with Crippen molar-refractivity contribution in [3.63, 3.8) is 0 Å². The molecule has 0 heterocycles. The molecule has 0 aliphatic heterocycles. The van der Waals surface area contributed by atoms with E-state index in [0.29, 0.717) is 31.4 Å². The lowest BCUT2D eigenvalue weighted by atomic mass is 10.0. The molecule has 3 N–H and O–H groups in total. The number of carbonyl (C=O) groups excluding carboxylic acids is 2. The quantitative estimate of drug-likeness (QED) is 0.718. The number of nitrogens with one attached hydrogen (secondary N) is 1. The van der Waals surface area contributed by atoms with Crippen molar-refractivity contribution in [1.82, 2.24) is 5.32 Å². The van der Waals surface area contributed by atoms with E-state index in [1.807, 2.05) is 13.8 Å². The molecule has 0 saturated carbocycles. The fourth-order valence-electron chi connectivity index (χ4n) is 1.75. The number of nitrogens with two attached hydrogens (primary N) is 1. The van der Waals surface area contributed by atoms with Gasteiger partial charge in [-0.3, -0.25) is 9.59 Å². The van der Waals surface area contributed by atoms with Crippen molar-refractivity contribution in [2.75, 3.05) is 13.7 Å². The third kappa shape index (κ3) is 8.00. The van der Waals surface area contributed by atoms with Gasteiger partial charge in [-0.05, 0) is 44.5 Å². The summed E-state index contributed by atoms with van der Waals surface area (Å²) in [5.74, 6) is 0.677. The number of carbonyl (C=O) groups is 2. The lowest BCUT2D eigenvalue weighted by Crippen LogP contribution is -2.45. The second kappa shape index (κ2) is 9.43. The number of ketones is 1. The zero-order chi connectivity index (χ0) is 15.9. The molecular formula is C16H25ClN2O3. The maximum absolute atomic E-state index is 12.0. The highest BCUT2D eigenvalue weighted by Crippen LogP contribution is 2.13. The standard InChI is InChI=1S/C16H24N2O3.ClH/c1-16(2,17)11-18-15(20)6-4-5-14(19)12-7-9-13(21-3)10-8-12;/h7-10H,4-6,11,17H2,1-3H3,(H,18,20);1H. The molecule has 0 saturated heterocycles. The summed E-state index contributed by atoms with van der Waals surface area (Å²) in [4.78, 5) is 23.5. The molecule has 0 aromatic heterocycles. The van der Waals surface area contributed by atoms with E-state index in [9.17, 15) is 9.59 Å². The third-order valence-electron chi connectivity index (χ3n) is 2.96. The minimum atomic E-state index is -0.422. The van der Waals surface area contributed by atoms with Gasteiger partial charge in [-0.15, -0.1) is 12.4 Å². The summed E-state index contributed by atoms with van der Waals surface area (Å²) >= 11 is 0. The largest absolute Gasteiger partial charge is 0.497 e. The average molecular weight is 329 g/mol. The number of Topliss-reactive ketones (excluding diaryl/α,β-unsaturated/α-hetero) is 1. The summed E-state index contributed by atoms with van der Waals surface area (Å²) < 4.78 is 5.04. The van der Waals surface area contributed by atoms with Gasteiger partial charge in [-0.25, -0.2) is 0 Å². The zero-order valence-electron chi connectivity index (χ0n) is 13.3. The third-order valence-corrected chi connectivity index (χ3v) is 2.96. The van der Waals surface area contributed by atoms with Crippen molar-refractivity contribution >= 4 is 24.1 Å². The highest BCUT2D eigenvalue weighted by Gasteiger charge is 2.12. The van der Waals surface area contributed by atoms with Crippen molar-refractivity contribution in [3.05, 3.63) is 29.8 Å². The first-order chi connectivity index (χ1) is 9.81. The Morgan fingerprint density at radius 2 is 1.77 bits per heavy atom. The molecule has 0 aliphatic carbocycles. The lowest BCUT2D eigenvalue weighted by molar-refractivity contribution is -0.121. The van der Waals surface area contributed by atoms with Crippen molar-refractivity contribution in [2.24, 2.45) is 5.73 Å². The average Bonchev–Trinajstić information content (AvgIpc) is 2.44. The summed E-state index contributed by atoms with van der Waals surface area (Å²) in [7, 11) is 1.58. The van der Waals surface area contributed by atoms with Gasteiger partial charge in [0.1, 0.15) is 5.75 Å². The van der Waals surface area contributed by atoms with Gasteiger partial charge >= 0.3 is 0 Å². The molecule has 0 unspecified atom stereocenters. The molecule has 124 valence electrons. The van der Waals surface area contributed by atoms with E-state index in [2.05, 4.69) is 5.32 Å². The van der Waals surface area contributed by atoms with E-state index in [-0.39, 0.29) is 24.1 Å². The molecule has 0 bridgehead atoms. The molecule has 1 rings (SSSR count). The molecule has 0 fully saturated rings. The van der Waals surface area contributed by atoms with Crippen LogP contribution in [-0.4, -0.2) is 30.9 Å². The number of ether oxygens (including phenoxy) is 1. The molecular weight excluding hydrogens is 304 g/mol. The summed E-state index contributed by atoms with van der Waals surface area (Å²) in [6.07, 6.45) is 1.21. The molecule has 5 nitrogen and oxygen atoms in total. The highest BCUT2D eigenvalue weighted by atomic mass is 35.5. The summed E-state index contributed by atoms with van der Waals surface area (Å²) in [5.41, 5.74) is 6.00. The molecule has 1 aromatic rings. The Morgan fingerprint density at radius 1 is 1.18 bits per heavy atom. The SMILES string of the molecule is COc1ccc(C(=O)CCCC(=O)NCC(C)(C)N)cc1.Cl. The van der Waals surface area contributed by atoms with E-state index in [1.54, 1.807) is 31.4 Å². The van der Waals surface area contributed by atoms with E-state index in [4.69, 9.17) is 10.5 Å². The van der Waals surface area contributed by atoms with Gasteiger partial charge in [0.05, 0.1) is 7.11 Å². The Kier molecular flexibility index (Phi) is 8.75. The first-order valence-corrected chi connectivity index (χ1v) is 7.04. The fourth-order valence-corrected chi connectivity index (χ4v) is 1.75. The molecule has 1 amide bonds. The maximum atomic E-state index is 12.0. The van der Waals surface area contributed by atoms with Crippen LogP contribution in [0.3, 0.4) is 0 Å². The van der Waals surface area contributed by atoms with Crippen LogP contribution in [0.4, 0.5) is 0 Å². The molecule has 0 radical (unpaired) electrons. The maximum Gasteiger partial charge on any atom is 0.220 e. The molecule has 0 atom stereocenters. The number of rotatable bonds is 8. The van der Waals surface area contributed by atoms with Crippen molar-refractivity contribution in [2.45, 2.75) is 38.6 Å². The summed E-state index contributed by atoms with van der Waals surface area (Å²) in [6.45, 7) is 4.12. The zero-order valence-corrected chi connectivity index (χ0v) is 14.2. The Balaban J connectivity index is 0.00000441. The number of methoxy groups -OCH3 is 1. The Hall–Kier alpha value is -1.59. The van der Waals surface area contributed by atoms with Crippen LogP contribution in [0.1, 0.15) is 43.5 Å². The van der Waals surface area contributed by atoms with Crippen LogP contribution in [-0.2, 0) is 4.79 Å². The van der Waals surface area contributed by atoms with Crippen LogP contribution in [0.15, 0.2) is 24.3 Å². The normalized spacial score (nSPS) is 10.5. The van der Waals surface area contributed by atoms with Crippen molar-refractivity contribution in [1.29, 1.82) is 0 Å². The van der Waals surface area contributed by atoms with E-state index in [0.717, 1.165) is 5.75 Å². The topological polar surface area (TPSA) is 81.4 Å². The minimum absolute atomic E-state index is 0. The lowest BCUT2D eigenvalue weighted by Gasteiger charge is -2.18. The molecule has 6 heteroatoms. The number of amides is 1. The molecule has 0 aliphatic rings.